The summed E-state index contributed by atoms with van der Waals surface area (Å²) in [4.78, 5) is 37.0. The fourth-order valence-electron chi connectivity index (χ4n) is 1.82. The summed E-state index contributed by atoms with van der Waals surface area (Å²) in [6.45, 7) is 3.73. The van der Waals surface area contributed by atoms with Gasteiger partial charge < -0.3 is 20.1 Å². The summed E-state index contributed by atoms with van der Waals surface area (Å²) in [7, 11) is 0. The quantitative estimate of drug-likeness (QED) is 0.594. The van der Waals surface area contributed by atoms with Crippen molar-refractivity contribution in [3.8, 4) is 0 Å². The third-order valence-corrected chi connectivity index (χ3v) is 2.90. The number of carbonyl (C=O) groups is 3. The normalized spacial score (nSPS) is 9.95. The van der Waals surface area contributed by atoms with Gasteiger partial charge in [0.1, 0.15) is 0 Å². The van der Waals surface area contributed by atoms with Crippen LogP contribution in [0.2, 0.25) is 0 Å². The molecule has 0 saturated heterocycles. The molecule has 0 aliphatic carbocycles. The molecular formula is C15H20N2O5. The highest BCUT2D eigenvalue weighted by atomic mass is 16.5. The number of hydrogen-bond donors (Lipinski definition) is 2. The standard InChI is InChI=1S/C15H20N2O5/c1-3-17(9-10-18)14(20)13(19)16-12-8-6-5-7-11(12)15(21)22-4-2/h5-8,18H,3-4,9-10H2,1-2H3,(H,16,19). The lowest BCUT2D eigenvalue weighted by molar-refractivity contribution is -0.143. The summed E-state index contributed by atoms with van der Waals surface area (Å²) in [5.74, 6) is -2.21. The Labute approximate surface area is 128 Å². The molecule has 1 aromatic rings. The maximum Gasteiger partial charge on any atom is 0.340 e. The van der Waals surface area contributed by atoms with Gasteiger partial charge in [0.05, 0.1) is 24.5 Å². The number of carbonyl (C=O) groups excluding carboxylic acids is 3. The molecule has 0 radical (unpaired) electrons. The number of nitrogens with zero attached hydrogens (tertiary/aromatic N) is 1. The molecule has 7 nitrogen and oxygen atoms in total. The molecule has 7 heteroatoms. The molecule has 0 aromatic heterocycles. The van der Waals surface area contributed by atoms with Gasteiger partial charge in [0.25, 0.3) is 0 Å². The third kappa shape index (κ3) is 4.56. The highest BCUT2D eigenvalue weighted by Gasteiger charge is 2.22. The van der Waals surface area contributed by atoms with E-state index in [0.29, 0.717) is 6.54 Å². The van der Waals surface area contributed by atoms with Gasteiger partial charge in [-0.15, -0.1) is 0 Å². The van der Waals surface area contributed by atoms with Gasteiger partial charge in [0, 0.05) is 13.1 Å². The van der Waals surface area contributed by atoms with Crippen LogP contribution < -0.4 is 5.32 Å². The fourth-order valence-corrected chi connectivity index (χ4v) is 1.82. The second-order valence-corrected chi connectivity index (χ2v) is 4.33. The van der Waals surface area contributed by atoms with Crippen LogP contribution in [0.15, 0.2) is 24.3 Å². The number of hydrogen-bond acceptors (Lipinski definition) is 5. The molecular weight excluding hydrogens is 288 g/mol. The topological polar surface area (TPSA) is 95.9 Å². The summed E-state index contributed by atoms with van der Waals surface area (Å²) >= 11 is 0. The Kier molecular flexibility index (Phi) is 7.04. The largest absolute Gasteiger partial charge is 0.462 e. The molecule has 22 heavy (non-hydrogen) atoms. The van der Waals surface area contributed by atoms with Crippen molar-refractivity contribution in [3.63, 3.8) is 0 Å². The molecule has 2 amide bonds. The van der Waals surface area contributed by atoms with Crippen LogP contribution in [0.4, 0.5) is 5.69 Å². The zero-order valence-electron chi connectivity index (χ0n) is 12.7. The number of anilines is 1. The van der Waals surface area contributed by atoms with Gasteiger partial charge in [-0.25, -0.2) is 4.79 Å². The number of aliphatic hydroxyl groups is 1. The first-order chi connectivity index (χ1) is 10.5. The minimum absolute atomic E-state index is 0.0717. The van der Waals surface area contributed by atoms with E-state index in [1.165, 1.54) is 17.0 Å². The van der Waals surface area contributed by atoms with Gasteiger partial charge in [0.2, 0.25) is 0 Å². The van der Waals surface area contributed by atoms with Crippen molar-refractivity contribution in [1.82, 2.24) is 4.90 Å². The number of likely N-dealkylation sites (N-methyl/N-ethyl adjacent to an activating group) is 1. The molecule has 0 atom stereocenters. The molecule has 0 spiro atoms. The van der Waals surface area contributed by atoms with E-state index in [-0.39, 0.29) is 31.0 Å². The number of rotatable bonds is 6. The molecule has 0 bridgehead atoms. The van der Waals surface area contributed by atoms with Crippen LogP contribution in [0.3, 0.4) is 0 Å². The van der Waals surface area contributed by atoms with Gasteiger partial charge in [-0.05, 0) is 26.0 Å². The van der Waals surface area contributed by atoms with Crippen LogP contribution in [0.1, 0.15) is 24.2 Å². The van der Waals surface area contributed by atoms with Crippen LogP contribution in [-0.4, -0.2) is 54.1 Å². The zero-order valence-corrected chi connectivity index (χ0v) is 12.7. The van der Waals surface area contributed by atoms with Crippen molar-refractivity contribution in [2.24, 2.45) is 0 Å². The number of benzene rings is 1. The molecule has 2 N–H and O–H groups in total. The Morgan fingerprint density at radius 2 is 1.91 bits per heavy atom. The van der Waals surface area contributed by atoms with E-state index < -0.39 is 17.8 Å². The minimum atomic E-state index is -0.868. The number of amides is 2. The van der Waals surface area contributed by atoms with Gasteiger partial charge in [-0.3, -0.25) is 9.59 Å². The SMILES string of the molecule is CCOC(=O)c1ccccc1NC(=O)C(=O)N(CC)CCO. The summed E-state index contributed by atoms with van der Waals surface area (Å²) < 4.78 is 4.90. The summed E-state index contributed by atoms with van der Waals surface area (Å²) in [5.41, 5.74) is 0.384. The average molecular weight is 308 g/mol. The molecule has 0 aliphatic rings. The zero-order chi connectivity index (χ0) is 16.5. The first-order valence-corrected chi connectivity index (χ1v) is 7.02. The maximum absolute atomic E-state index is 12.0. The van der Waals surface area contributed by atoms with Crippen molar-refractivity contribution < 1.29 is 24.2 Å². The average Bonchev–Trinajstić information content (AvgIpc) is 2.52. The van der Waals surface area contributed by atoms with Gasteiger partial charge in [-0.2, -0.15) is 0 Å². The van der Waals surface area contributed by atoms with Crippen LogP contribution in [-0.2, 0) is 14.3 Å². The van der Waals surface area contributed by atoms with Crippen LogP contribution in [0.5, 0.6) is 0 Å². The first-order valence-electron chi connectivity index (χ1n) is 7.02. The fraction of sp³-hybridized carbons (Fsp3) is 0.400. The van der Waals surface area contributed by atoms with Crippen molar-refractivity contribution in [2.75, 3.05) is 31.6 Å². The van der Waals surface area contributed by atoms with Crippen molar-refractivity contribution in [3.05, 3.63) is 29.8 Å². The van der Waals surface area contributed by atoms with Crippen molar-refractivity contribution in [2.45, 2.75) is 13.8 Å². The predicted molar refractivity (Wildman–Crippen MR) is 80.4 cm³/mol. The lowest BCUT2D eigenvalue weighted by Gasteiger charge is -2.19. The highest BCUT2D eigenvalue weighted by Crippen LogP contribution is 2.16. The smallest absolute Gasteiger partial charge is 0.340 e. The number of esters is 1. The van der Waals surface area contributed by atoms with E-state index in [9.17, 15) is 14.4 Å². The summed E-state index contributed by atoms with van der Waals surface area (Å²) in [6.07, 6.45) is 0. The molecule has 1 rings (SSSR count). The van der Waals surface area contributed by atoms with Gasteiger partial charge >= 0.3 is 17.8 Å². The number of ether oxygens (including phenoxy) is 1. The number of para-hydroxylation sites is 1. The molecule has 0 heterocycles. The van der Waals surface area contributed by atoms with E-state index in [0.717, 1.165) is 0 Å². The first kappa shape index (κ1) is 17.6. The predicted octanol–water partition coefficient (Wildman–Crippen LogP) is 0.643. The Balaban J connectivity index is 2.88. The van der Waals surface area contributed by atoms with E-state index >= 15 is 0 Å². The van der Waals surface area contributed by atoms with Crippen LogP contribution in [0.25, 0.3) is 0 Å². The molecule has 0 unspecified atom stereocenters. The van der Waals surface area contributed by atoms with Gasteiger partial charge in [0.15, 0.2) is 0 Å². The monoisotopic (exact) mass is 308 g/mol. The van der Waals surface area contributed by atoms with E-state index in [1.54, 1.807) is 26.0 Å². The second kappa shape index (κ2) is 8.78. The summed E-state index contributed by atoms with van der Waals surface area (Å²) in [5, 5.41) is 11.3. The third-order valence-electron chi connectivity index (χ3n) is 2.90. The van der Waals surface area contributed by atoms with Crippen LogP contribution in [0, 0.1) is 0 Å². The molecule has 120 valence electrons. The van der Waals surface area contributed by atoms with E-state index in [1.807, 2.05) is 0 Å². The Morgan fingerprint density at radius 3 is 2.50 bits per heavy atom. The maximum atomic E-state index is 12.0. The molecule has 0 fully saturated rings. The minimum Gasteiger partial charge on any atom is -0.462 e. The lowest BCUT2D eigenvalue weighted by atomic mass is 10.2. The van der Waals surface area contributed by atoms with Crippen LogP contribution >= 0.6 is 0 Å². The molecule has 0 saturated carbocycles. The van der Waals surface area contributed by atoms with Crippen molar-refractivity contribution in [1.29, 1.82) is 0 Å². The van der Waals surface area contributed by atoms with Gasteiger partial charge in [-0.1, -0.05) is 12.1 Å². The number of aliphatic hydroxyl groups excluding tert-OH is 1. The second-order valence-electron chi connectivity index (χ2n) is 4.33. The Morgan fingerprint density at radius 1 is 1.23 bits per heavy atom. The van der Waals surface area contributed by atoms with E-state index in [4.69, 9.17) is 9.84 Å². The van der Waals surface area contributed by atoms with E-state index in [2.05, 4.69) is 5.32 Å². The van der Waals surface area contributed by atoms with Crippen molar-refractivity contribution >= 4 is 23.5 Å². The molecule has 1 aromatic carbocycles. The Bertz CT molecular complexity index is 544. The summed E-state index contributed by atoms with van der Waals surface area (Å²) in [6, 6.07) is 6.28. The number of nitrogens with one attached hydrogen (secondary N) is 1. The molecule has 0 aliphatic heterocycles. The lowest BCUT2D eigenvalue weighted by Crippen LogP contribution is -2.41. The highest BCUT2D eigenvalue weighted by molar-refractivity contribution is 6.39. The Hall–Kier alpha value is -2.41.